The van der Waals surface area contributed by atoms with Crippen molar-refractivity contribution in [2.24, 2.45) is 7.05 Å². The first-order valence-corrected chi connectivity index (χ1v) is 6.01. The first kappa shape index (κ1) is 11.6. The van der Waals surface area contributed by atoms with Gasteiger partial charge < -0.3 is 9.47 Å². The largest absolute Gasteiger partial charge is 0.351 e. The highest BCUT2D eigenvalue weighted by atomic mass is 15.4. The van der Waals surface area contributed by atoms with Crippen LogP contribution in [0.15, 0.2) is 24.5 Å². The van der Waals surface area contributed by atoms with Gasteiger partial charge in [-0.25, -0.2) is 4.98 Å². The first-order valence-electron chi connectivity index (χ1n) is 6.01. The lowest BCUT2D eigenvalue weighted by molar-refractivity contribution is 0.742. The average molecular weight is 257 g/mol. The van der Waals surface area contributed by atoms with E-state index in [1.807, 2.05) is 48.8 Å². The summed E-state index contributed by atoms with van der Waals surface area (Å²) in [7, 11) is 3.97. The van der Waals surface area contributed by atoms with Crippen LogP contribution in [0.3, 0.4) is 0 Å². The van der Waals surface area contributed by atoms with Crippen LogP contribution in [-0.2, 0) is 13.6 Å². The highest BCUT2D eigenvalue weighted by Crippen LogP contribution is 2.12. The molecule has 0 radical (unpaired) electrons. The van der Waals surface area contributed by atoms with Gasteiger partial charge in [0.25, 0.3) is 0 Å². The summed E-state index contributed by atoms with van der Waals surface area (Å²) in [4.78, 5) is 6.36. The van der Waals surface area contributed by atoms with Crippen LogP contribution >= 0.6 is 0 Å². The number of hydrogen-bond acceptors (Lipinski definition) is 5. The van der Waals surface area contributed by atoms with Gasteiger partial charge in [-0.3, -0.25) is 0 Å². The Hall–Kier alpha value is -2.44. The Balaban J connectivity index is 1.90. The van der Waals surface area contributed by atoms with Crippen molar-refractivity contribution in [2.75, 3.05) is 11.9 Å². The minimum atomic E-state index is 0.698. The highest BCUT2D eigenvalue weighted by Gasteiger charge is 2.09. The molecule has 0 bridgehead atoms. The molecule has 7 nitrogen and oxygen atoms in total. The van der Waals surface area contributed by atoms with Gasteiger partial charge in [-0.05, 0) is 19.1 Å². The third kappa shape index (κ3) is 2.03. The van der Waals surface area contributed by atoms with Crippen molar-refractivity contribution in [3.63, 3.8) is 0 Å². The summed E-state index contributed by atoms with van der Waals surface area (Å²) in [6.07, 6.45) is 3.73. The quantitative estimate of drug-likeness (QED) is 0.694. The lowest BCUT2D eigenvalue weighted by atomic mass is 10.4. The standard InChI is InChI=1S/C12H15N7/c1-9-14-15-10-4-5-11(16-19(9)10)18(3)8-12-13-6-7-17(12)2/h4-7H,8H2,1-3H3. The maximum atomic E-state index is 4.53. The van der Waals surface area contributed by atoms with E-state index in [2.05, 4.69) is 20.3 Å². The monoisotopic (exact) mass is 257 g/mol. The van der Waals surface area contributed by atoms with Crippen molar-refractivity contribution < 1.29 is 0 Å². The second-order valence-electron chi connectivity index (χ2n) is 4.52. The normalized spacial score (nSPS) is 11.1. The lowest BCUT2D eigenvalue weighted by Crippen LogP contribution is -2.21. The van der Waals surface area contributed by atoms with E-state index in [0.717, 1.165) is 23.1 Å². The fourth-order valence-corrected chi connectivity index (χ4v) is 1.93. The van der Waals surface area contributed by atoms with Crippen LogP contribution in [0.25, 0.3) is 5.65 Å². The van der Waals surface area contributed by atoms with Crippen LogP contribution in [0.1, 0.15) is 11.6 Å². The van der Waals surface area contributed by atoms with Crippen LogP contribution in [0.4, 0.5) is 5.82 Å². The minimum absolute atomic E-state index is 0.698. The van der Waals surface area contributed by atoms with Gasteiger partial charge in [-0.15, -0.1) is 15.3 Å². The van der Waals surface area contributed by atoms with E-state index < -0.39 is 0 Å². The summed E-state index contributed by atoms with van der Waals surface area (Å²) >= 11 is 0. The molecule has 0 aliphatic carbocycles. The van der Waals surface area contributed by atoms with Crippen molar-refractivity contribution in [1.29, 1.82) is 0 Å². The second kappa shape index (κ2) is 4.34. The van der Waals surface area contributed by atoms with Crippen LogP contribution in [-0.4, -0.2) is 36.4 Å². The molecule has 0 spiro atoms. The molecular weight excluding hydrogens is 242 g/mol. The number of aromatic nitrogens is 6. The number of rotatable bonds is 3. The molecule has 0 saturated heterocycles. The van der Waals surface area contributed by atoms with Gasteiger partial charge in [0, 0.05) is 26.5 Å². The molecule has 0 fully saturated rings. The van der Waals surface area contributed by atoms with Crippen LogP contribution in [0, 0.1) is 6.92 Å². The molecule has 98 valence electrons. The minimum Gasteiger partial charge on any atom is -0.351 e. The fourth-order valence-electron chi connectivity index (χ4n) is 1.93. The smallest absolute Gasteiger partial charge is 0.178 e. The molecule has 0 atom stereocenters. The van der Waals surface area contributed by atoms with Gasteiger partial charge in [0.15, 0.2) is 11.5 Å². The van der Waals surface area contributed by atoms with E-state index in [1.165, 1.54) is 0 Å². The Bertz CT molecular complexity index is 712. The number of nitrogens with zero attached hydrogens (tertiary/aromatic N) is 7. The second-order valence-corrected chi connectivity index (χ2v) is 4.52. The van der Waals surface area contributed by atoms with Crippen LogP contribution in [0.5, 0.6) is 0 Å². The van der Waals surface area contributed by atoms with E-state index in [0.29, 0.717) is 6.54 Å². The molecule has 3 aromatic heterocycles. The fraction of sp³-hybridized carbons (Fsp3) is 0.333. The van der Waals surface area contributed by atoms with Crippen LogP contribution in [0.2, 0.25) is 0 Å². The molecule has 7 heteroatoms. The molecule has 0 aliphatic rings. The Labute approximate surface area is 110 Å². The third-order valence-electron chi connectivity index (χ3n) is 3.10. The Morgan fingerprint density at radius 3 is 2.84 bits per heavy atom. The zero-order valence-corrected chi connectivity index (χ0v) is 11.1. The average Bonchev–Trinajstić information content (AvgIpc) is 2.97. The molecule has 19 heavy (non-hydrogen) atoms. The van der Waals surface area contributed by atoms with Crippen molar-refractivity contribution >= 4 is 11.5 Å². The molecule has 0 unspecified atom stereocenters. The molecule has 0 amide bonds. The molecule has 0 saturated carbocycles. The van der Waals surface area contributed by atoms with Crippen molar-refractivity contribution in [1.82, 2.24) is 29.4 Å². The maximum Gasteiger partial charge on any atom is 0.178 e. The van der Waals surface area contributed by atoms with E-state index in [4.69, 9.17) is 0 Å². The van der Waals surface area contributed by atoms with Crippen LogP contribution < -0.4 is 4.90 Å². The Morgan fingerprint density at radius 2 is 2.11 bits per heavy atom. The zero-order valence-electron chi connectivity index (χ0n) is 11.1. The summed E-state index contributed by atoms with van der Waals surface area (Å²) in [5.74, 6) is 2.63. The Morgan fingerprint density at radius 1 is 1.26 bits per heavy atom. The van der Waals surface area contributed by atoms with Gasteiger partial charge in [-0.1, -0.05) is 0 Å². The van der Waals surface area contributed by atoms with Gasteiger partial charge in [0.05, 0.1) is 6.54 Å². The molecule has 0 N–H and O–H groups in total. The zero-order chi connectivity index (χ0) is 13.4. The third-order valence-corrected chi connectivity index (χ3v) is 3.10. The first-order chi connectivity index (χ1) is 9.15. The molecule has 3 heterocycles. The van der Waals surface area contributed by atoms with Gasteiger partial charge in [-0.2, -0.15) is 4.52 Å². The number of hydrogen-bond donors (Lipinski definition) is 0. The summed E-state index contributed by atoms with van der Waals surface area (Å²) < 4.78 is 3.74. The summed E-state index contributed by atoms with van der Waals surface area (Å²) in [5, 5.41) is 12.6. The summed E-state index contributed by atoms with van der Waals surface area (Å²) in [6.45, 7) is 2.58. The van der Waals surface area contributed by atoms with E-state index in [-0.39, 0.29) is 0 Å². The van der Waals surface area contributed by atoms with Crippen molar-refractivity contribution in [2.45, 2.75) is 13.5 Å². The predicted octanol–water partition coefficient (Wildman–Crippen LogP) is 0.803. The molecular formula is C12H15N7. The number of aryl methyl sites for hydroxylation is 2. The maximum absolute atomic E-state index is 4.53. The van der Waals surface area contributed by atoms with E-state index >= 15 is 0 Å². The topological polar surface area (TPSA) is 64.1 Å². The van der Waals surface area contributed by atoms with Gasteiger partial charge >= 0.3 is 0 Å². The molecule has 0 aromatic carbocycles. The van der Waals surface area contributed by atoms with Gasteiger partial charge in [0.2, 0.25) is 0 Å². The van der Waals surface area contributed by atoms with E-state index in [1.54, 1.807) is 10.7 Å². The number of imidazole rings is 1. The van der Waals surface area contributed by atoms with E-state index in [9.17, 15) is 0 Å². The predicted molar refractivity (Wildman–Crippen MR) is 70.8 cm³/mol. The summed E-state index contributed by atoms with van der Waals surface area (Å²) in [5.41, 5.74) is 0.756. The van der Waals surface area contributed by atoms with Crippen molar-refractivity contribution in [3.05, 3.63) is 36.2 Å². The molecule has 0 aliphatic heterocycles. The highest BCUT2D eigenvalue weighted by molar-refractivity contribution is 5.45. The lowest BCUT2D eigenvalue weighted by Gasteiger charge is -2.17. The van der Waals surface area contributed by atoms with Crippen molar-refractivity contribution in [3.8, 4) is 0 Å². The van der Waals surface area contributed by atoms with Gasteiger partial charge in [0.1, 0.15) is 11.6 Å². The molecule has 3 aromatic rings. The Kier molecular flexibility index (Phi) is 2.66. The summed E-state index contributed by atoms with van der Waals surface area (Å²) in [6, 6.07) is 3.85. The number of anilines is 1. The number of fused-ring (bicyclic) bond motifs is 1. The SMILES string of the molecule is Cc1nnc2ccc(N(C)Cc3nccn3C)nn12. The molecule has 3 rings (SSSR count).